The molecule has 2 bridgehead atoms. The van der Waals surface area contributed by atoms with Crippen molar-refractivity contribution in [3.05, 3.63) is 151 Å². The fraction of sp³-hybridized carbons (Fsp3) is 0.327. The number of aromatic nitrogens is 2. The van der Waals surface area contributed by atoms with Crippen molar-refractivity contribution in [3.8, 4) is 34.6 Å². The monoisotopic (exact) mass is 1130 g/mol. The standard InChI is InChI=1S/C55H53BClN7O13S2/c1-32-58-43(31-78-32)47(61-75-29-41-23-45(60-77-41)73-27-34-7-13-39(70-3)14-8-34)51(65)59-48-53(67)63-49(55(68)76-56)36(30-79-54(48)63)24-64-21-19-37(25-64)62(20-22-64)52(66)42-17-18-44(72-26-33-5-11-38(69-2)12-6-33)50(46(42)57)74-28-35-9-15-40(71-4)16-10-35/h5-18,23,31,37,48,54H,19-22,24-30H2,1-4H3/p+1/b61-47-/t37-,48+,54+,64-/m0/s1. The fourth-order valence-electron chi connectivity index (χ4n) is 9.98. The highest BCUT2D eigenvalue weighted by Crippen LogP contribution is 2.44. The topological polar surface area (TPSA) is 212 Å². The fourth-order valence-corrected chi connectivity index (χ4v) is 12.2. The number of aryl methyl sites for hydroxylation is 1. The molecule has 1 N–H and O–H groups in total. The number of fused-ring (bicyclic) bond motifs is 3. The number of hydrogen-bond donors (Lipinski definition) is 1. The molecule has 79 heavy (non-hydrogen) atoms. The molecule has 2 aromatic heterocycles. The molecule has 6 aromatic rings. The van der Waals surface area contributed by atoms with Gasteiger partial charge in [0.2, 0.25) is 0 Å². The van der Waals surface area contributed by atoms with Gasteiger partial charge < -0.3 is 57.1 Å². The minimum absolute atomic E-state index is 0.0474. The van der Waals surface area contributed by atoms with Gasteiger partial charge in [0.25, 0.3) is 23.6 Å². The summed E-state index contributed by atoms with van der Waals surface area (Å²) in [4.78, 5) is 69.4. The van der Waals surface area contributed by atoms with E-state index in [1.807, 2.05) is 77.7 Å². The summed E-state index contributed by atoms with van der Waals surface area (Å²) >= 11 is 9.85. The Morgan fingerprint density at radius 3 is 2.13 bits per heavy atom. The van der Waals surface area contributed by atoms with Crippen molar-refractivity contribution >= 4 is 72.2 Å². The number of nitrogens with zero attached hydrogens (tertiary/aromatic N) is 6. The summed E-state index contributed by atoms with van der Waals surface area (Å²) in [6, 6.07) is 26.1. The number of carbonyl (C=O) groups is 4. The summed E-state index contributed by atoms with van der Waals surface area (Å²) in [6.07, 6.45) is 0.690. The van der Waals surface area contributed by atoms with Crippen LogP contribution in [0.2, 0.25) is 5.02 Å². The molecule has 2 radical (unpaired) electrons. The average molecular weight is 1130 g/mol. The molecule has 0 unspecified atom stereocenters. The number of rotatable bonds is 22. The molecule has 408 valence electrons. The van der Waals surface area contributed by atoms with Crippen LogP contribution in [0, 0.1) is 6.92 Å². The number of amides is 3. The van der Waals surface area contributed by atoms with Crippen molar-refractivity contribution in [2.75, 3.05) is 59.8 Å². The Bertz CT molecular complexity index is 3290. The summed E-state index contributed by atoms with van der Waals surface area (Å²) in [5.41, 5.74) is 3.71. The van der Waals surface area contributed by atoms with Crippen LogP contribution in [0.15, 0.2) is 117 Å². The van der Waals surface area contributed by atoms with E-state index in [9.17, 15) is 19.2 Å². The largest absolute Gasteiger partial charge is 0.539 e. The first-order valence-corrected chi connectivity index (χ1v) is 27.4. The second kappa shape index (κ2) is 24.1. The number of piperazine rings is 1. The van der Waals surface area contributed by atoms with Gasteiger partial charge in [-0.15, -0.1) is 23.1 Å². The Kier molecular flexibility index (Phi) is 16.7. The third-order valence-corrected chi connectivity index (χ3v) is 16.6. The number of benzene rings is 4. The van der Waals surface area contributed by atoms with E-state index in [-0.39, 0.29) is 83.5 Å². The second-order valence-corrected chi connectivity index (χ2v) is 21.6. The van der Waals surface area contributed by atoms with E-state index >= 15 is 0 Å². The normalized spacial score (nSPS) is 19.5. The van der Waals surface area contributed by atoms with E-state index < -0.39 is 29.2 Å². The van der Waals surface area contributed by atoms with E-state index in [4.69, 9.17) is 62.1 Å². The van der Waals surface area contributed by atoms with Crippen LogP contribution in [0.5, 0.6) is 34.6 Å². The Balaban J connectivity index is 0.791. The molecular formula is C55H54BClN7O13S2+. The lowest BCUT2D eigenvalue weighted by atomic mass is 10.0. The zero-order chi connectivity index (χ0) is 55.2. The Morgan fingerprint density at radius 2 is 1.51 bits per heavy atom. The van der Waals surface area contributed by atoms with Crippen molar-refractivity contribution in [1.82, 2.24) is 25.3 Å². The van der Waals surface area contributed by atoms with Gasteiger partial charge in [0.05, 0.1) is 69.1 Å². The molecule has 4 aliphatic heterocycles. The van der Waals surface area contributed by atoms with Crippen molar-refractivity contribution < 1.29 is 66.1 Å². The number of hydrogen-bond acceptors (Lipinski definition) is 18. The molecule has 4 aromatic carbocycles. The molecule has 0 saturated carbocycles. The molecule has 3 fully saturated rings. The summed E-state index contributed by atoms with van der Waals surface area (Å²) in [6.45, 7) is 4.86. The van der Waals surface area contributed by atoms with Crippen LogP contribution in [0.3, 0.4) is 0 Å². The van der Waals surface area contributed by atoms with Crippen LogP contribution in [-0.4, -0.2) is 139 Å². The lowest BCUT2D eigenvalue weighted by Gasteiger charge is -2.50. The van der Waals surface area contributed by atoms with Gasteiger partial charge in [0, 0.05) is 29.2 Å². The van der Waals surface area contributed by atoms with Gasteiger partial charge in [-0.3, -0.25) is 19.3 Å². The highest BCUT2D eigenvalue weighted by atomic mass is 35.5. The third kappa shape index (κ3) is 12.0. The maximum absolute atomic E-state index is 14.6. The van der Waals surface area contributed by atoms with Crippen LogP contribution in [-0.2, 0) is 50.3 Å². The van der Waals surface area contributed by atoms with Crippen LogP contribution < -0.4 is 33.7 Å². The zero-order valence-corrected chi connectivity index (χ0v) is 45.9. The number of ether oxygens (including phenoxy) is 6. The number of quaternary nitrogens is 1. The molecular weight excluding hydrogens is 1080 g/mol. The highest BCUT2D eigenvalue weighted by Gasteiger charge is 2.56. The molecule has 6 heterocycles. The van der Waals surface area contributed by atoms with Gasteiger partial charge in [-0.1, -0.05) is 53.2 Å². The summed E-state index contributed by atoms with van der Waals surface area (Å²) in [5, 5.41) is 12.7. The van der Waals surface area contributed by atoms with E-state index in [0.29, 0.717) is 71.5 Å². The number of carbonyl (C=O) groups excluding carboxylic acids is 4. The van der Waals surface area contributed by atoms with Gasteiger partial charge in [0.15, 0.2) is 29.6 Å². The van der Waals surface area contributed by atoms with Gasteiger partial charge in [0.1, 0.15) is 66.4 Å². The molecule has 4 aliphatic rings. The van der Waals surface area contributed by atoms with Crippen molar-refractivity contribution in [1.29, 1.82) is 0 Å². The van der Waals surface area contributed by atoms with Gasteiger partial charge in [-0.25, -0.2) is 9.78 Å². The number of nitrogens with one attached hydrogen (secondary N) is 1. The zero-order valence-electron chi connectivity index (χ0n) is 43.5. The lowest BCUT2D eigenvalue weighted by Crippen LogP contribution is -2.71. The molecule has 0 aliphatic carbocycles. The van der Waals surface area contributed by atoms with E-state index in [1.165, 1.54) is 28.0 Å². The van der Waals surface area contributed by atoms with Crippen LogP contribution in [0.1, 0.15) is 49.9 Å². The first kappa shape index (κ1) is 54.6. The van der Waals surface area contributed by atoms with Gasteiger partial charge in [-0.2, -0.15) is 0 Å². The Hall–Kier alpha value is -7.73. The van der Waals surface area contributed by atoms with E-state index in [2.05, 4.69) is 20.6 Å². The number of thioether (sulfide) groups is 1. The van der Waals surface area contributed by atoms with Crippen LogP contribution in [0.25, 0.3) is 0 Å². The van der Waals surface area contributed by atoms with E-state index in [0.717, 1.165) is 28.2 Å². The minimum atomic E-state index is -1.03. The predicted molar refractivity (Wildman–Crippen MR) is 291 cm³/mol. The summed E-state index contributed by atoms with van der Waals surface area (Å²) in [5.74, 6) is 1.26. The molecule has 3 amide bonds. The summed E-state index contributed by atoms with van der Waals surface area (Å²) < 4.78 is 44.9. The van der Waals surface area contributed by atoms with Crippen molar-refractivity contribution in [2.45, 2.75) is 57.2 Å². The third-order valence-electron chi connectivity index (χ3n) is 14.1. The number of oxime groups is 1. The molecule has 3 saturated heterocycles. The predicted octanol–water partition coefficient (Wildman–Crippen LogP) is 6.80. The number of halogens is 1. The molecule has 10 rings (SSSR count). The first-order chi connectivity index (χ1) is 38.4. The highest BCUT2D eigenvalue weighted by molar-refractivity contribution is 8.00. The number of β-lactam (4-membered cyclic amide) rings is 1. The number of methoxy groups -OCH3 is 3. The average Bonchev–Trinajstić information content (AvgIpc) is 4.38. The molecule has 20 nitrogen and oxygen atoms in total. The van der Waals surface area contributed by atoms with Crippen LogP contribution >= 0.6 is 34.7 Å². The maximum Gasteiger partial charge on any atom is 0.378 e. The van der Waals surface area contributed by atoms with Gasteiger partial charge in [-0.05, 0) is 77.3 Å². The molecule has 24 heteroatoms. The lowest BCUT2D eigenvalue weighted by molar-refractivity contribution is -0.916. The second-order valence-electron chi connectivity index (χ2n) is 19.1. The summed E-state index contributed by atoms with van der Waals surface area (Å²) in [7, 11) is 10.3. The molecule has 0 spiro atoms. The number of thiazole rings is 1. The smallest absolute Gasteiger partial charge is 0.378 e. The maximum atomic E-state index is 14.6. The van der Waals surface area contributed by atoms with Crippen molar-refractivity contribution in [2.24, 2.45) is 5.16 Å². The van der Waals surface area contributed by atoms with E-state index in [1.54, 1.807) is 51.8 Å². The Morgan fingerprint density at radius 1 is 0.861 bits per heavy atom. The minimum Gasteiger partial charge on any atom is -0.539 e. The quantitative estimate of drug-likeness (QED) is 0.0243. The van der Waals surface area contributed by atoms with Crippen LogP contribution in [0.4, 0.5) is 0 Å². The Labute approximate surface area is 469 Å². The van der Waals surface area contributed by atoms with Crippen molar-refractivity contribution in [3.63, 3.8) is 0 Å². The molecule has 4 atom stereocenters. The van der Waals surface area contributed by atoms with Gasteiger partial charge >= 0.3 is 14.0 Å². The SMILES string of the molecule is [B]OC(=O)C1=C(C[N@@+]23CC[C@@H](C2)N(C(=O)c2ccc(OCc4ccc(OC)cc4)c(OCc4ccc(OC)cc4)c2Cl)CC3)CS[C@@H]2[C@H](NC(=O)/C(=N\OCc3cc(OCc4ccc(OC)cc4)no3)c3csc(C)n3)C(=O)N12. The first-order valence-electron chi connectivity index (χ1n) is 25.1.